The second-order valence-corrected chi connectivity index (χ2v) is 10.9. The van der Waals surface area contributed by atoms with E-state index >= 15 is 0 Å². The van der Waals surface area contributed by atoms with Crippen molar-refractivity contribution in [3.8, 4) is 0 Å². The summed E-state index contributed by atoms with van der Waals surface area (Å²) in [5, 5.41) is 25.5. The van der Waals surface area contributed by atoms with Gasteiger partial charge in [-0.15, -0.1) is 23.1 Å². The van der Waals surface area contributed by atoms with E-state index in [-0.39, 0.29) is 15.6 Å². The Morgan fingerprint density at radius 3 is 2.33 bits per heavy atom. The number of nitrogens with two attached hydrogens (primary N) is 1. The van der Waals surface area contributed by atoms with Gasteiger partial charge in [0.05, 0.1) is 24.5 Å². The van der Waals surface area contributed by atoms with Gasteiger partial charge in [-0.3, -0.25) is 5.41 Å². The summed E-state index contributed by atoms with van der Waals surface area (Å²) in [5.74, 6) is -2.91. The van der Waals surface area contributed by atoms with Crippen LogP contribution in [0.25, 0.3) is 0 Å². The van der Waals surface area contributed by atoms with E-state index in [4.69, 9.17) is 25.8 Å². The van der Waals surface area contributed by atoms with Crippen LogP contribution in [-0.4, -0.2) is 56.1 Å². The van der Waals surface area contributed by atoms with Gasteiger partial charge in [0, 0.05) is 26.1 Å². The number of ether oxygens (including phenoxy) is 1. The zero-order valence-electron chi connectivity index (χ0n) is 17.2. The number of hydrogen-bond acceptors (Lipinski definition) is 8. The molecule has 0 aliphatic carbocycles. The molecule has 1 aliphatic heterocycles. The summed E-state index contributed by atoms with van der Waals surface area (Å²) in [6, 6.07) is 7.90. The lowest BCUT2D eigenvalue weighted by molar-refractivity contribution is -0.192. The molecule has 33 heavy (non-hydrogen) atoms. The molecule has 0 bridgehead atoms. The van der Waals surface area contributed by atoms with Gasteiger partial charge in [-0.25, -0.2) is 13.2 Å². The Morgan fingerprint density at radius 2 is 1.85 bits per heavy atom. The number of carboxylic acids is 1. The van der Waals surface area contributed by atoms with Gasteiger partial charge in [0.2, 0.25) is 9.84 Å². The quantitative estimate of drug-likeness (QED) is 0.263. The average molecular weight is 527 g/mol. The fourth-order valence-corrected chi connectivity index (χ4v) is 6.80. The molecule has 3 rings (SSSR count). The molecule has 182 valence electrons. The van der Waals surface area contributed by atoms with E-state index in [2.05, 4.69) is 0 Å². The maximum Gasteiger partial charge on any atom is 0.490 e. The van der Waals surface area contributed by atoms with Crippen molar-refractivity contribution in [3.63, 3.8) is 0 Å². The van der Waals surface area contributed by atoms with Gasteiger partial charge in [-0.2, -0.15) is 13.2 Å². The van der Waals surface area contributed by atoms with Crippen LogP contribution in [0.2, 0.25) is 0 Å². The monoisotopic (exact) mass is 526 g/mol. The summed E-state index contributed by atoms with van der Waals surface area (Å²) in [6.45, 7) is 0.882. The molecular formula is C19H21F3N2O6S3. The summed E-state index contributed by atoms with van der Waals surface area (Å²) in [6.07, 6.45) is -2.44. The third-order valence-electron chi connectivity index (χ3n) is 4.65. The molecule has 1 saturated heterocycles. The van der Waals surface area contributed by atoms with Crippen LogP contribution >= 0.6 is 23.1 Å². The zero-order chi connectivity index (χ0) is 25.0. The highest BCUT2D eigenvalue weighted by Gasteiger charge is 2.38. The van der Waals surface area contributed by atoms with E-state index in [1.807, 2.05) is 0 Å². The molecule has 0 unspecified atom stereocenters. The number of rotatable bonds is 5. The molecule has 0 saturated carbocycles. The Hall–Kier alpha value is -2.13. The van der Waals surface area contributed by atoms with Crippen molar-refractivity contribution in [2.24, 2.45) is 5.73 Å². The molecule has 2 aromatic rings. The number of thiophene rings is 1. The van der Waals surface area contributed by atoms with Crippen molar-refractivity contribution in [1.82, 2.24) is 0 Å². The lowest BCUT2D eigenvalue weighted by Gasteiger charge is -2.32. The third-order valence-corrected chi connectivity index (χ3v) is 8.99. The lowest BCUT2D eigenvalue weighted by Crippen LogP contribution is -2.33. The molecule has 0 atom stereocenters. The molecule has 0 radical (unpaired) electrons. The van der Waals surface area contributed by atoms with Gasteiger partial charge >= 0.3 is 12.1 Å². The number of hydrogen-bond donors (Lipinski definition) is 4. The van der Waals surface area contributed by atoms with Crippen LogP contribution in [0.15, 0.2) is 44.3 Å². The second kappa shape index (κ2) is 10.4. The highest BCUT2D eigenvalue weighted by molar-refractivity contribution is 8.01. The van der Waals surface area contributed by atoms with E-state index in [0.29, 0.717) is 40.7 Å². The number of nitrogens with one attached hydrogen (secondary N) is 1. The number of thioether (sulfide) groups is 1. The highest BCUT2D eigenvalue weighted by Crippen LogP contribution is 2.38. The SMILES string of the molecule is CSc1sc(C(=N)N)cc1S(=O)(=O)c1cccc(C2(O)CCOCC2)c1.O=C(O)C(F)(F)F. The van der Waals surface area contributed by atoms with Gasteiger partial charge in [-0.05, 0) is 30.0 Å². The van der Waals surface area contributed by atoms with Crippen molar-refractivity contribution in [3.05, 3.63) is 40.8 Å². The van der Waals surface area contributed by atoms with Crippen LogP contribution in [0.3, 0.4) is 0 Å². The molecule has 0 spiro atoms. The van der Waals surface area contributed by atoms with Crippen LogP contribution in [-0.2, 0) is 25.0 Å². The van der Waals surface area contributed by atoms with Crippen molar-refractivity contribution in [2.75, 3.05) is 19.5 Å². The smallest absolute Gasteiger partial charge is 0.475 e. The van der Waals surface area contributed by atoms with Crippen molar-refractivity contribution >= 4 is 44.7 Å². The Bertz CT molecular complexity index is 1130. The van der Waals surface area contributed by atoms with Gasteiger partial charge in [0.15, 0.2) is 0 Å². The highest BCUT2D eigenvalue weighted by atomic mass is 32.2. The number of carboxylic acid groups (broad SMARTS) is 1. The van der Waals surface area contributed by atoms with E-state index in [1.54, 1.807) is 18.4 Å². The topological polar surface area (TPSA) is 151 Å². The van der Waals surface area contributed by atoms with Gasteiger partial charge in [-0.1, -0.05) is 12.1 Å². The second-order valence-electron chi connectivity index (χ2n) is 6.86. The number of halogens is 3. The molecule has 14 heteroatoms. The standard InChI is InChI=1S/C17H20N2O4S3.C2HF3O2/c1-24-16-14(10-13(25-16)15(18)19)26(21,22)12-4-2-3-11(9-12)17(20)5-7-23-8-6-17;3-2(4,5)1(6)7/h2-4,9-10,20H,5-8H2,1H3,(H3,18,19);(H,6,7). The minimum atomic E-state index is -5.08. The summed E-state index contributed by atoms with van der Waals surface area (Å²) >= 11 is 2.50. The maximum absolute atomic E-state index is 13.2. The molecule has 1 aliphatic rings. The molecule has 1 aromatic heterocycles. The predicted octanol–water partition coefficient (Wildman–Crippen LogP) is 3.22. The Morgan fingerprint density at radius 1 is 1.27 bits per heavy atom. The van der Waals surface area contributed by atoms with Crippen molar-refractivity contribution in [1.29, 1.82) is 5.41 Å². The first-order valence-corrected chi connectivity index (χ1v) is 12.7. The fourth-order valence-electron chi connectivity index (χ4n) is 2.90. The third kappa shape index (κ3) is 6.47. The largest absolute Gasteiger partial charge is 0.490 e. The molecular weight excluding hydrogens is 505 g/mol. The molecule has 1 fully saturated rings. The van der Waals surface area contributed by atoms with Gasteiger partial charge in [0.25, 0.3) is 0 Å². The average Bonchev–Trinajstić information content (AvgIpc) is 3.20. The van der Waals surface area contributed by atoms with Crippen LogP contribution < -0.4 is 5.73 Å². The predicted molar refractivity (Wildman–Crippen MR) is 117 cm³/mol. The molecule has 8 nitrogen and oxygen atoms in total. The summed E-state index contributed by atoms with van der Waals surface area (Å²) < 4.78 is 64.0. The van der Waals surface area contributed by atoms with Gasteiger partial charge < -0.3 is 20.7 Å². The van der Waals surface area contributed by atoms with E-state index in [9.17, 15) is 26.7 Å². The Kier molecular flexibility index (Phi) is 8.57. The number of benzene rings is 1. The molecule has 1 aromatic carbocycles. The van der Waals surface area contributed by atoms with Crippen LogP contribution in [0.1, 0.15) is 23.3 Å². The summed E-state index contributed by atoms with van der Waals surface area (Å²) in [7, 11) is -3.79. The first kappa shape index (κ1) is 27.1. The number of sulfone groups is 1. The minimum Gasteiger partial charge on any atom is -0.475 e. The van der Waals surface area contributed by atoms with Crippen LogP contribution in [0.5, 0.6) is 0 Å². The summed E-state index contributed by atoms with van der Waals surface area (Å²) in [5.41, 5.74) is 5.02. The molecule has 2 heterocycles. The zero-order valence-corrected chi connectivity index (χ0v) is 19.6. The summed E-state index contributed by atoms with van der Waals surface area (Å²) in [4.78, 5) is 9.59. The van der Waals surface area contributed by atoms with E-state index in [1.165, 1.54) is 41.3 Å². The number of amidine groups is 1. The fraction of sp³-hybridized carbons (Fsp3) is 0.368. The normalized spacial score (nSPS) is 15.9. The Balaban J connectivity index is 0.000000479. The van der Waals surface area contributed by atoms with E-state index < -0.39 is 27.6 Å². The maximum atomic E-state index is 13.2. The number of nitrogen functional groups attached to an aromatic ring is 1. The number of alkyl halides is 3. The molecule has 0 amide bonds. The van der Waals surface area contributed by atoms with Crippen molar-refractivity contribution in [2.45, 2.75) is 38.6 Å². The van der Waals surface area contributed by atoms with Crippen molar-refractivity contribution < 1.29 is 41.3 Å². The first-order chi connectivity index (χ1) is 15.2. The first-order valence-electron chi connectivity index (χ1n) is 9.20. The number of aliphatic carboxylic acids is 1. The van der Waals surface area contributed by atoms with Crippen LogP contribution in [0, 0.1) is 5.41 Å². The minimum absolute atomic E-state index is 0.123. The van der Waals surface area contributed by atoms with Crippen LogP contribution in [0.4, 0.5) is 13.2 Å². The molecule has 5 N–H and O–H groups in total. The number of carbonyl (C=O) groups is 1. The lowest BCUT2D eigenvalue weighted by atomic mass is 9.87. The van der Waals surface area contributed by atoms with E-state index in [0.717, 1.165) is 0 Å². The van der Waals surface area contributed by atoms with Gasteiger partial charge in [0.1, 0.15) is 5.84 Å². The Labute approximate surface area is 196 Å². The number of aliphatic hydroxyl groups is 1.